The molecule has 8 nitrogen and oxygen atoms in total. The molecule has 0 saturated carbocycles. The minimum Gasteiger partial charge on any atom is -0.493 e. The van der Waals surface area contributed by atoms with Crippen LogP contribution in [0.5, 0.6) is 11.5 Å². The van der Waals surface area contributed by atoms with Crippen LogP contribution < -0.4 is 14.8 Å². The van der Waals surface area contributed by atoms with Gasteiger partial charge < -0.3 is 14.8 Å². The van der Waals surface area contributed by atoms with Gasteiger partial charge in [0.05, 0.1) is 27.6 Å². The molecule has 4 rings (SSSR count). The van der Waals surface area contributed by atoms with E-state index in [2.05, 4.69) is 10.3 Å². The second-order valence-electron chi connectivity index (χ2n) is 7.06. The van der Waals surface area contributed by atoms with E-state index in [9.17, 15) is 14.9 Å². The van der Waals surface area contributed by atoms with Crippen LogP contribution in [0.15, 0.2) is 76.6 Å². The zero-order valence-electron chi connectivity index (χ0n) is 17.9. The number of nitro groups is 1. The summed E-state index contributed by atoms with van der Waals surface area (Å²) in [6.07, 6.45) is 1.72. The Morgan fingerprint density at radius 2 is 1.94 bits per heavy atom. The van der Waals surface area contributed by atoms with Crippen LogP contribution in [0.25, 0.3) is 6.08 Å². The van der Waals surface area contributed by atoms with Gasteiger partial charge >= 0.3 is 0 Å². The first-order valence-corrected chi connectivity index (χ1v) is 11.2. The molecule has 0 aromatic heterocycles. The van der Waals surface area contributed by atoms with Gasteiger partial charge in [-0.2, -0.15) is 0 Å². The number of rotatable bonds is 7. The van der Waals surface area contributed by atoms with E-state index >= 15 is 0 Å². The average Bonchev–Trinajstić information content (AvgIpc) is 3.18. The van der Waals surface area contributed by atoms with Gasteiger partial charge in [-0.15, -0.1) is 0 Å². The molecule has 34 heavy (non-hydrogen) atoms. The number of amides is 1. The van der Waals surface area contributed by atoms with Crippen LogP contribution in [0.1, 0.15) is 11.1 Å². The summed E-state index contributed by atoms with van der Waals surface area (Å²) in [4.78, 5) is 27.8. The third-order valence-electron chi connectivity index (χ3n) is 4.73. The summed E-state index contributed by atoms with van der Waals surface area (Å²) in [5.41, 5.74) is 1.96. The number of ether oxygens (including phenoxy) is 2. The third-order valence-corrected chi connectivity index (χ3v) is 5.96. The number of hydrogen-bond acceptors (Lipinski definition) is 7. The van der Waals surface area contributed by atoms with Crippen molar-refractivity contribution in [3.63, 3.8) is 0 Å². The number of non-ortho nitro benzene ring substituents is 1. The number of amidine groups is 1. The maximum atomic E-state index is 12.4. The van der Waals surface area contributed by atoms with Crippen molar-refractivity contribution in [1.29, 1.82) is 0 Å². The smallest absolute Gasteiger partial charge is 0.269 e. The highest BCUT2D eigenvalue weighted by Gasteiger charge is 2.24. The Balaban J connectivity index is 1.49. The molecule has 0 radical (unpaired) electrons. The summed E-state index contributed by atoms with van der Waals surface area (Å²) >= 11 is 7.35. The van der Waals surface area contributed by atoms with Crippen molar-refractivity contribution in [1.82, 2.24) is 5.32 Å². The molecule has 1 aliphatic rings. The molecule has 172 valence electrons. The zero-order valence-corrected chi connectivity index (χ0v) is 19.4. The SMILES string of the molecule is COc1cc(C=C2SC(=Nc3ccccc3Cl)NC2=O)ccc1OCc1cccc([N+](=O)[O-])c1. The summed E-state index contributed by atoms with van der Waals surface area (Å²) in [6, 6.07) is 18.6. The van der Waals surface area contributed by atoms with Gasteiger partial charge in [0.25, 0.3) is 11.6 Å². The largest absolute Gasteiger partial charge is 0.493 e. The number of nitrogens with one attached hydrogen (secondary N) is 1. The van der Waals surface area contributed by atoms with Crippen LogP contribution in [0.4, 0.5) is 11.4 Å². The Morgan fingerprint density at radius 1 is 1.12 bits per heavy atom. The second-order valence-corrected chi connectivity index (χ2v) is 8.50. The topological polar surface area (TPSA) is 103 Å². The van der Waals surface area contributed by atoms with E-state index in [1.807, 2.05) is 12.1 Å². The number of para-hydroxylation sites is 1. The number of benzene rings is 3. The van der Waals surface area contributed by atoms with E-state index in [4.69, 9.17) is 21.1 Å². The molecule has 10 heteroatoms. The normalized spacial score (nSPS) is 15.4. The van der Waals surface area contributed by atoms with E-state index in [0.29, 0.717) is 37.8 Å². The number of halogens is 1. The lowest BCUT2D eigenvalue weighted by molar-refractivity contribution is -0.384. The zero-order chi connectivity index (χ0) is 24.1. The van der Waals surface area contributed by atoms with Crippen molar-refractivity contribution in [3.05, 3.63) is 97.9 Å². The van der Waals surface area contributed by atoms with Gasteiger partial charge in [-0.05, 0) is 53.2 Å². The lowest BCUT2D eigenvalue weighted by atomic mass is 10.1. The minimum atomic E-state index is -0.450. The van der Waals surface area contributed by atoms with Gasteiger partial charge in [0.2, 0.25) is 0 Å². The van der Waals surface area contributed by atoms with Gasteiger partial charge in [-0.25, -0.2) is 4.99 Å². The fraction of sp³-hybridized carbons (Fsp3) is 0.0833. The number of nitro benzene ring substituents is 1. The van der Waals surface area contributed by atoms with Crippen LogP contribution in [-0.4, -0.2) is 23.1 Å². The molecular weight excluding hydrogens is 478 g/mol. The summed E-state index contributed by atoms with van der Waals surface area (Å²) in [7, 11) is 1.51. The predicted octanol–water partition coefficient (Wildman–Crippen LogP) is 5.73. The van der Waals surface area contributed by atoms with Gasteiger partial charge in [-0.3, -0.25) is 14.9 Å². The average molecular weight is 496 g/mol. The summed E-state index contributed by atoms with van der Waals surface area (Å²) in [5, 5.41) is 14.6. The van der Waals surface area contributed by atoms with E-state index in [1.54, 1.807) is 48.5 Å². The first kappa shape index (κ1) is 23.3. The third kappa shape index (κ3) is 5.56. The van der Waals surface area contributed by atoms with E-state index in [1.165, 1.54) is 31.0 Å². The Labute approximate surface area is 204 Å². The van der Waals surface area contributed by atoms with Crippen LogP contribution in [0.2, 0.25) is 5.02 Å². The molecule has 1 N–H and O–H groups in total. The van der Waals surface area contributed by atoms with Crippen molar-refractivity contribution < 1.29 is 19.2 Å². The number of aliphatic imine (C=N–C) groups is 1. The Morgan fingerprint density at radius 3 is 2.71 bits per heavy atom. The molecule has 1 fully saturated rings. The fourth-order valence-electron chi connectivity index (χ4n) is 3.10. The van der Waals surface area contributed by atoms with Gasteiger partial charge in [0, 0.05) is 12.1 Å². The first-order chi connectivity index (χ1) is 16.4. The first-order valence-electron chi connectivity index (χ1n) is 10.0. The van der Waals surface area contributed by atoms with E-state index in [0.717, 1.165) is 5.56 Å². The molecular formula is C24H18ClN3O5S. The van der Waals surface area contributed by atoms with E-state index < -0.39 is 4.92 Å². The quantitative estimate of drug-likeness (QED) is 0.255. The molecule has 0 unspecified atom stereocenters. The predicted molar refractivity (Wildman–Crippen MR) is 133 cm³/mol. The maximum absolute atomic E-state index is 12.4. The van der Waals surface area contributed by atoms with Crippen molar-refractivity contribution in [2.75, 3.05) is 7.11 Å². The van der Waals surface area contributed by atoms with Gasteiger partial charge in [0.1, 0.15) is 6.61 Å². The van der Waals surface area contributed by atoms with Crippen molar-refractivity contribution in [2.24, 2.45) is 4.99 Å². The Hall–Kier alpha value is -3.82. The van der Waals surface area contributed by atoms with Gasteiger partial charge in [-0.1, -0.05) is 41.9 Å². The molecule has 1 amide bonds. The molecule has 0 aliphatic carbocycles. The summed E-state index contributed by atoms with van der Waals surface area (Å²) in [6.45, 7) is 0.138. The number of methoxy groups -OCH3 is 1. The number of carbonyl (C=O) groups is 1. The van der Waals surface area contributed by atoms with Crippen molar-refractivity contribution in [2.45, 2.75) is 6.61 Å². The molecule has 3 aromatic carbocycles. The van der Waals surface area contributed by atoms with Crippen LogP contribution in [0, 0.1) is 10.1 Å². The Bertz CT molecular complexity index is 1330. The molecule has 1 heterocycles. The molecule has 1 saturated heterocycles. The standard InChI is InChI=1S/C24H18ClN3O5S/c1-32-21-12-15(9-10-20(21)33-14-16-5-4-6-17(11-16)28(30)31)13-22-23(29)27-24(34-22)26-19-8-3-2-7-18(19)25/h2-13H,14H2,1H3,(H,26,27,29). The highest BCUT2D eigenvalue weighted by molar-refractivity contribution is 8.18. The van der Waals surface area contributed by atoms with Crippen molar-refractivity contribution in [3.8, 4) is 11.5 Å². The second kappa shape index (κ2) is 10.4. The maximum Gasteiger partial charge on any atom is 0.269 e. The molecule has 1 aliphatic heterocycles. The monoisotopic (exact) mass is 495 g/mol. The lowest BCUT2D eigenvalue weighted by Gasteiger charge is -2.11. The molecule has 0 bridgehead atoms. The highest BCUT2D eigenvalue weighted by Crippen LogP contribution is 2.33. The highest BCUT2D eigenvalue weighted by atomic mass is 35.5. The fourth-order valence-corrected chi connectivity index (χ4v) is 4.11. The van der Waals surface area contributed by atoms with Crippen molar-refractivity contribution >= 4 is 51.9 Å². The number of nitrogens with zero attached hydrogens (tertiary/aromatic N) is 2. The summed E-state index contributed by atoms with van der Waals surface area (Å²) < 4.78 is 11.2. The van der Waals surface area contributed by atoms with Crippen LogP contribution in [-0.2, 0) is 11.4 Å². The minimum absolute atomic E-state index is 0.000165. The summed E-state index contributed by atoms with van der Waals surface area (Å²) in [5.74, 6) is 0.676. The van der Waals surface area contributed by atoms with Crippen LogP contribution in [0.3, 0.4) is 0 Å². The number of hydrogen-bond donors (Lipinski definition) is 1. The van der Waals surface area contributed by atoms with Crippen LogP contribution >= 0.6 is 23.4 Å². The number of carbonyl (C=O) groups excluding carboxylic acids is 1. The van der Waals surface area contributed by atoms with Gasteiger partial charge in [0.15, 0.2) is 16.7 Å². The molecule has 0 spiro atoms. The molecule has 3 aromatic rings. The number of thioether (sulfide) groups is 1. The lowest BCUT2D eigenvalue weighted by Crippen LogP contribution is -2.19. The Kier molecular flexibility index (Phi) is 7.15. The van der Waals surface area contributed by atoms with E-state index in [-0.39, 0.29) is 18.2 Å². The molecule has 0 atom stereocenters.